The second kappa shape index (κ2) is 7.39. The number of nitrogens with zero attached hydrogens (tertiary/aromatic N) is 2. The molecule has 4 heteroatoms. The molecule has 1 aliphatic heterocycles. The number of pyridine rings is 1. The van der Waals surface area contributed by atoms with Gasteiger partial charge in [-0.15, -0.1) is 12.4 Å². The van der Waals surface area contributed by atoms with E-state index in [2.05, 4.69) is 28.2 Å². The lowest BCUT2D eigenvalue weighted by molar-refractivity contribution is 0.189. The van der Waals surface area contributed by atoms with E-state index >= 15 is 0 Å². The molecule has 3 nitrogen and oxygen atoms in total. The van der Waals surface area contributed by atoms with Gasteiger partial charge in [-0.05, 0) is 75.4 Å². The first-order valence-electron chi connectivity index (χ1n) is 7.66. The Kier molecular flexibility index (Phi) is 5.82. The van der Waals surface area contributed by atoms with Gasteiger partial charge < -0.3 is 5.32 Å². The molecule has 1 aromatic rings. The molecule has 0 radical (unpaired) electrons. The quantitative estimate of drug-likeness (QED) is 0.905. The van der Waals surface area contributed by atoms with E-state index in [0.29, 0.717) is 0 Å². The van der Waals surface area contributed by atoms with Crippen molar-refractivity contribution in [1.82, 2.24) is 15.2 Å². The molecule has 1 saturated carbocycles. The van der Waals surface area contributed by atoms with Gasteiger partial charge in [0, 0.05) is 25.0 Å². The van der Waals surface area contributed by atoms with Gasteiger partial charge >= 0.3 is 0 Å². The SMILES string of the molecule is Cc1ccncc1CN1CCC(NCC2CC2)CC1.Cl. The summed E-state index contributed by atoms with van der Waals surface area (Å²) < 4.78 is 0. The zero-order chi connectivity index (χ0) is 13.1. The molecule has 0 bridgehead atoms. The fraction of sp³-hybridized carbons (Fsp3) is 0.688. The Labute approximate surface area is 128 Å². The lowest BCUT2D eigenvalue weighted by atomic mass is 10.0. The third kappa shape index (κ3) is 4.44. The number of likely N-dealkylation sites (tertiary alicyclic amines) is 1. The first kappa shape index (κ1) is 15.7. The number of aromatic nitrogens is 1. The van der Waals surface area contributed by atoms with Gasteiger partial charge in [-0.3, -0.25) is 9.88 Å². The maximum absolute atomic E-state index is 4.24. The van der Waals surface area contributed by atoms with Crippen molar-refractivity contribution in [3.8, 4) is 0 Å². The van der Waals surface area contributed by atoms with E-state index in [4.69, 9.17) is 0 Å². The molecule has 2 aliphatic rings. The van der Waals surface area contributed by atoms with Gasteiger partial charge in [0.05, 0.1) is 0 Å². The summed E-state index contributed by atoms with van der Waals surface area (Å²) in [6.07, 6.45) is 9.40. The second-order valence-electron chi connectivity index (χ2n) is 6.20. The van der Waals surface area contributed by atoms with Gasteiger partial charge in [-0.2, -0.15) is 0 Å². The molecule has 3 rings (SSSR count). The van der Waals surface area contributed by atoms with E-state index in [1.807, 2.05) is 12.4 Å². The molecular formula is C16H26ClN3. The van der Waals surface area contributed by atoms with Crippen molar-refractivity contribution in [3.63, 3.8) is 0 Å². The number of piperidine rings is 1. The predicted octanol–water partition coefficient (Wildman–Crippen LogP) is 2.78. The predicted molar refractivity (Wildman–Crippen MR) is 85.2 cm³/mol. The Morgan fingerprint density at radius 3 is 2.65 bits per heavy atom. The normalized spacial score (nSPS) is 20.6. The number of nitrogens with one attached hydrogen (secondary N) is 1. The average molecular weight is 296 g/mol. The third-order valence-electron chi connectivity index (χ3n) is 4.52. The Morgan fingerprint density at radius 2 is 2.00 bits per heavy atom. The van der Waals surface area contributed by atoms with Crippen LogP contribution in [0.15, 0.2) is 18.5 Å². The lowest BCUT2D eigenvalue weighted by Crippen LogP contribution is -2.42. The number of rotatable bonds is 5. The van der Waals surface area contributed by atoms with Crippen molar-refractivity contribution >= 4 is 12.4 Å². The Bertz CT molecular complexity index is 412. The third-order valence-corrected chi connectivity index (χ3v) is 4.52. The minimum atomic E-state index is 0. The van der Waals surface area contributed by atoms with Crippen LogP contribution in [0, 0.1) is 12.8 Å². The van der Waals surface area contributed by atoms with Gasteiger partial charge in [0.15, 0.2) is 0 Å². The fourth-order valence-corrected chi connectivity index (χ4v) is 2.85. The van der Waals surface area contributed by atoms with Crippen LogP contribution in [-0.2, 0) is 6.54 Å². The smallest absolute Gasteiger partial charge is 0.0315 e. The molecule has 1 N–H and O–H groups in total. The second-order valence-corrected chi connectivity index (χ2v) is 6.20. The van der Waals surface area contributed by atoms with Crippen LogP contribution in [0.25, 0.3) is 0 Å². The summed E-state index contributed by atoms with van der Waals surface area (Å²) in [7, 11) is 0. The van der Waals surface area contributed by atoms with Crippen molar-refractivity contribution < 1.29 is 0 Å². The summed E-state index contributed by atoms with van der Waals surface area (Å²) in [5, 5.41) is 3.74. The molecule has 0 unspecified atom stereocenters. The van der Waals surface area contributed by atoms with Crippen molar-refractivity contribution in [2.24, 2.45) is 5.92 Å². The molecule has 1 saturated heterocycles. The monoisotopic (exact) mass is 295 g/mol. The molecule has 0 aromatic carbocycles. The standard InChI is InChI=1S/C16H25N3.ClH/c1-13-4-7-17-11-15(13)12-19-8-5-16(6-9-19)18-10-14-2-3-14;/h4,7,11,14,16,18H,2-3,5-6,8-10,12H2,1H3;1H. The zero-order valence-electron chi connectivity index (χ0n) is 12.3. The van der Waals surface area contributed by atoms with E-state index in [-0.39, 0.29) is 12.4 Å². The van der Waals surface area contributed by atoms with Crippen LogP contribution >= 0.6 is 12.4 Å². The van der Waals surface area contributed by atoms with Crippen LogP contribution in [0.2, 0.25) is 0 Å². The average Bonchev–Trinajstić information content (AvgIpc) is 3.25. The Balaban J connectivity index is 0.00000147. The molecule has 2 heterocycles. The molecule has 0 spiro atoms. The fourth-order valence-electron chi connectivity index (χ4n) is 2.85. The summed E-state index contributed by atoms with van der Waals surface area (Å²) >= 11 is 0. The number of hydrogen-bond donors (Lipinski definition) is 1. The number of hydrogen-bond acceptors (Lipinski definition) is 3. The lowest BCUT2D eigenvalue weighted by Gasteiger charge is -2.32. The highest BCUT2D eigenvalue weighted by Gasteiger charge is 2.24. The van der Waals surface area contributed by atoms with Crippen LogP contribution in [0.3, 0.4) is 0 Å². The van der Waals surface area contributed by atoms with E-state index in [1.54, 1.807) is 0 Å². The highest BCUT2D eigenvalue weighted by Crippen LogP contribution is 2.28. The number of aryl methyl sites for hydroxylation is 1. The van der Waals surface area contributed by atoms with Gasteiger partial charge in [0.1, 0.15) is 0 Å². The van der Waals surface area contributed by atoms with E-state index in [9.17, 15) is 0 Å². The highest BCUT2D eigenvalue weighted by molar-refractivity contribution is 5.85. The van der Waals surface area contributed by atoms with E-state index in [0.717, 1.165) is 18.5 Å². The highest BCUT2D eigenvalue weighted by atomic mass is 35.5. The van der Waals surface area contributed by atoms with Gasteiger partial charge in [-0.25, -0.2) is 0 Å². The van der Waals surface area contributed by atoms with Crippen molar-refractivity contribution in [3.05, 3.63) is 29.6 Å². The van der Waals surface area contributed by atoms with E-state index in [1.165, 1.54) is 56.4 Å². The maximum Gasteiger partial charge on any atom is 0.0315 e. The summed E-state index contributed by atoms with van der Waals surface area (Å²) in [6, 6.07) is 2.87. The van der Waals surface area contributed by atoms with Crippen LogP contribution in [0.1, 0.15) is 36.8 Å². The molecule has 0 amide bonds. The zero-order valence-corrected chi connectivity index (χ0v) is 13.2. The topological polar surface area (TPSA) is 28.2 Å². The largest absolute Gasteiger partial charge is 0.314 e. The molecule has 2 fully saturated rings. The molecule has 20 heavy (non-hydrogen) atoms. The molecule has 1 aliphatic carbocycles. The van der Waals surface area contributed by atoms with Gasteiger partial charge in [0.25, 0.3) is 0 Å². The van der Waals surface area contributed by atoms with Crippen molar-refractivity contribution in [2.45, 2.75) is 45.2 Å². The van der Waals surface area contributed by atoms with Crippen LogP contribution in [-0.4, -0.2) is 35.6 Å². The first-order valence-corrected chi connectivity index (χ1v) is 7.66. The Morgan fingerprint density at radius 1 is 1.25 bits per heavy atom. The van der Waals surface area contributed by atoms with Gasteiger partial charge in [-0.1, -0.05) is 0 Å². The van der Waals surface area contributed by atoms with Crippen LogP contribution in [0.5, 0.6) is 0 Å². The van der Waals surface area contributed by atoms with Crippen LogP contribution in [0.4, 0.5) is 0 Å². The van der Waals surface area contributed by atoms with Crippen molar-refractivity contribution in [2.75, 3.05) is 19.6 Å². The Hall–Kier alpha value is -0.640. The summed E-state index contributed by atoms with van der Waals surface area (Å²) in [5.41, 5.74) is 2.75. The van der Waals surface area contributed by atoms with Crippen molar-refractivity contribution in [1.29, 1.82) is 0 Å². The summed E-state index contributed by atoms with van der Waals surface area (Å²) in [4.78, 5) is 6.81. The molecule has 112 valence electrons. The molecule has 1 aromatic heterocycles. The summed E-state index contributed by atoms with van der Waals surface area (Å²) in [5.74, 6) is 0.996. The maximum atomic E-state index is 4.24. The minimum Gasteiger partial charge on any atom is -0.314 e. The number of halogens is 1. The molecular weight excluding hydrogens is 270 g/mol. The first-order chi connectivity index (χ1) is 9.31. The molecule has 0 atom stereocenters. The van der Waals surface area contributed by atoms with Gasteiger partial charge in [0.2, 0.25) is 0 Å². The van der Waals surface area contributed by atoms with E-state index < -0.39 is 0 Å². The van der Waals surface area contributed by atoms with Crippen LogP contribution < -0.4 is 5.32 Å². The minimum absolute atomic E-state index is 0. The summed E-state index contributed by atoms with van der Waals surface area (Å²) in [6.45, 7) is 6.94.